The van der Waals surface area contributed by atoms with Gasteiger partial charge >= 0.3 is 0 Å². The van der Waals surface area contributed by atoms with Crippen molar-refractivity contribution >= 4 is 85.8 Å². The van der Waals surface area contributed by atoms with Crippen molar-refractivity contribution in [1.29, 1.82) is 0 Å². The molecule has 9 aromatic carbocycles. The molecule has 0 saturated heterocycles. The fraction of sp³-hybridized carbons (Fsp3) is 0. The molecule has 0 spiro atoms. The maximum absolute atomic E-state index is 6.52. The Kier molecular flexibility index (Phi) is 5.89. The second-order valence-corrected chi connectivity index (χ2v) is 14.3. The zero-order chi connectivity index (χ0) is 32.8. The van der Waals surface area contributed by atoms with Crippen molar-refractivity contribution in [2.45, 2.75) is 0 Å². The van der Waals surface area contributed by atoms with Crippen LogP contribution in [0.1, 0.15) is 0 Å². The third kappa shape index (κ3) is 4.06. The molecule has 0 aliphatic heterocycles. The van der Waals surface area contributed by atoms with E-state index < -0.39 is 0 Å². The molecular formula is C48H28OS. The van der Waals surface area contributed by atoms with Crippen LogP contribution in [0.2, 0.25) is 0 Å². The van der Waals surface area contributed by atoms with E-state index in [0.717, 1.165) is 21.9 Å². The number of rotatable bonds is 3. The van der Waals surface area contributed by atoms with Crippen molar-refractivity contribution in [2.24, 2.45) is 0 Å². The van der Waals surface area contributed by atoms with Crippen LogP contribution in [-0.2, 0) is 0 Å². The first kappa shape index (κ1) is 27.7. The van der Waals surface area contributed by atoms with E-state index in [1.165, 1.54) is 85.9 Å². The summed E-state index contributed by atoms with van der Waals surface area (Å²) < 4.78 is 9.12. The van der Waals surface area contributed by atoms with Gasteiger partial charge in [0.2, 0.25) is 0 Å². The van der Waals surface area contributed by atoms with Gasteiger partial charge in [0, 0.05) is 30.9 Å². The Balaban J connectivity index is 1.10. The molecule has 2 heteroatoms. The number of hydrogen-bond donors (Lipinski definition) is 0. The summed E-state index contributed by atoms with van der Waals surface area (Å²) in [4.78, 5) is 0. The molecular weight excluding hydrogens is 625 g/mol. The van der Waals surface area contributed by atoms with Crippen molar-refractivity contribution in [3.8, 4) is 33.4 Å². The minimum Gasteiger partial charge on any atom is -0.456 e. The first-order chi connectivity index (χ1) is 24.8. The Morgan fingerprint density at radius 3 is 1.68 bits per heavy atom. The highest BCUT2D eigenvalue weighted by Crippen LogP contribution is 2.45. The number of thiophene rings is 1. The fourth-order valence-electron chi connectivity index (χ4n) is 8.20. The molecule has 2 heterocycles. The van der Waals surface area contributed by atoms with Crippen LogP contribution < -0.4 is 0 Å². The average Bonchev–Trinajstić information content (AvgIpc) is 3.73. The van der Waals surface area contributed by atoms with Crippen molar-refractivity contribution in [3.05, 3.63) is 170 Å². The second-order valence-electron chi connectivity index (χ2n) is 13.2. The molecule has 232 valence electrons. The Morgan fingerprint density at radius 1 is 0.320 bits per heavy atom. The van der Waals surface area contributed by atoms with Gasteiger partial charge in [-0.3, -0.25) is 0 Å². The normalized spacial score (nSPS) is 12.0. The maximum atomic E-state index is 6.52. The van der Waals surface area contributed by atoms with E-state index >= 15 is 0 Å². The van der Waals surface area contributed by atoms with Crippen molar-refractivity contribution in [3.63, 3.8) is 0 Å². The lowest BCUT2D eigenvalue weighted by Crippen LogP contribution is -1.91. The topological polar surface area (TPSA) is 13.1 Å². The molecule has 0 aliphatic rings. The lowest BCUT2D eigenvalue weighted by molar-refractivity contribution is 0.669. The zero-order valence-electron chi connectivity index (χ0n) is 27.0. The minimum atomic E-state index is 0.917. The summed E-state index contributed by atoms with van der Waals surface area (Å²) in [6, 6.07) is 61.9. The highest BCUT2D eigenvalue weighted by atomic mass is 32.1. The maximum Gasteiger partial charge on any atom is 0.136 e. The SMILES string of the molecule is c1ccc(-c2c3ccccc3c(-c3cccc(-c4ccc5oc6cc7c(cc6c5c4)sc4ccc5ccccc5c47)c3)c3ccccc23)cc1. The van der Waals surface area contributed by atoms with Gasteiger partial charge in [0.15, 0.2) is 0 Å². The summed E-state index contributed by atoms with van der Waals surface area (Å²) >= 11 is 1.86. The summed E-state index contributed by atoms with van der Waals surface area (Å²) in [6.07, 6.45) is 0. The van der Waals surface area contributed by atoms with Crippen molar-refractivity contribution < 1.29 is 4.42 Å². The monoisotopic (exact) mass is 652 g/mol. The quantitative estimate of drug-likeness (QED) is 0.173. The van der Waals surface area contributed by atoms with Crippen molar-refractivity contribution in [1.82, 2.24) is 0 Å². The second kappa shape index (κ2) is 10.6. The van der Waals surface area contributed by atoms with E-state index in [-0.39, 0.29) is 0 Å². The standard InChI is InChI=1S/C48H28OS/c1-2-12-30(13-3-1)46-35-17-6-8-19-37(35)47(38-20-9-7-18-36(38)46)33-15-10-14-31(25-33)32-21-23-42-39(26-32)40-28-45-41(27-43(40)49-42)48-34-16-5-4-11-29(34)22-24-44(48)50-45/h1-28H. The van der Waals surface area contributed by atoms with E-state index in [4.69, 9.17) is 4.42 Å². The number of hydrogen-bond acceptors (Lipinski definition) is 2. The van der Waals surface area contributed by atoms with Crippen molar-refractivity contribution in [2.75, 3.05) is 0 Å². The van der Waals surface area contributed by atoms with Crippen LogP contribution in [0.15, 0.2) is 174 Å². The predicted molar refractivity (Wildman–Crippen MR) is 215 cm³/mol. The predicted octanol–water partition coefficient (Wildman–Crippen LogP) is 14.4. The van der Waals surface area contributed by atoms with Gasteiger partial charge in [0.25, 0.3) is 0 Å². The molecule has 0 N–H and O–H groups in total. The molecule has 0 unspecified atom stereocenters. The van der Waals surface area contributed by atoms with E-state index in [0.29, 0.717) is 0 Å². The molecule has 0 fully saturated rings. The molecule has 2 aromatic heterocycles. The molecule has 50 heavy (non-hydrogen) atoms. The Morgan fingerprint density at radius 2 is 0.920 bits per heavy atom. The van der Waals surface area contributed by atoms with Crippen LogP contribution in [0.4, 0.5) is 0 Å². The molecule has 0 amide bonds. The molecule has 11 rings (SSSR count). The highest BCUT2D eigenvalue weighted by molar-refractivity contribution is 7.26. The summed E-state index contributed by atoms with van der Waals surface area (Å²) in [6.45, 7) is 0. The molecule has 11 aromatic rings. The smallest absolute Gasteiger partial charge is 0.136 e. The van der Waals surface area contributed by atoms with Gasteiger partial charge in [-0.1, -0.05) is 133 Å². The van der Waals surface area contributed by atoms with E-state index in [9.17, 15) is 0 Å². The number of fused-ring (bicyclic) bond motifs is 10. The van der Waals surface area contributed by atoms with Gasteiger partial charge in [0.1, 0.15) is 11.2 Å². The van der Waals surface area contributed by atoms with Gasteiger partial charge in [-0.2, -0.15) is 0 Å². The van der Waals surface area contributed by atoms with Gasteiger partial charge < -0.3 is 4.42 Å². The third-order valence-electron chi connectivity index (χ3n) is 10.4. The average molecular weight is 653 g/mol. The molecule has 1 nitrogen and oxygen atoms in total. The summed E-state index contributed by atoms with van der Waals surface area (Å²) in [5, 5.41) is 12.5. The summed E-state index contributed by atoms with van der Waals surface area (Å²) in [5.41, 5.74) is 9.23. The van der Waals surface area contributed by atoms with Gasteiger partial charge in [-0.15, -0.1) is 11.3 Å². The van der Waals surface area contributed by atoms with Crippen LogP contribution in [0.5, 0.6) is 0 Å². The summed E-state index contributed by atoms with van der Waals surface area (Å²) in [5.74, 6) is 0. The lowest BCUT2D eigenvalue weighted by atomic mass is 9.85. The lowest BCUT2D eigenvalue weighted by Gasteiger charge is -2.18. The third-order valence-corrected chi connectivity index (χ3v) is 11.5. The zero-order valence-corrected chi connectivity index (χ0v) is 27.8. The first-order valence-electron chi connectivity index (χ1n) is 17.1. The van der Waals surface area contributed by atoms with Gasteiger partial charge in [0.05, 0.1) is 0 Å². The van der Waals surface area contributed by atoms with Crippen LogP contribution in [0, 0.1) is 0 Å². The Hall–Kier alpha value is -6.22. The first-order valence-corrected chi connectivity index (χ1v) is 17.9. The molecule has 0 radical (unpaired) electrons. The Bertz CT molecular complexity index is 3090. The molecule has 0 bridgehead atoms. The van der Waals surface area contributed by atoms with E-state index in [1.807, 2.05) is 11.3 Å². The van der Waals surface area contributed by atoms with Gasteiger partial charge in [-0.25, -0.2) is 0 Å². The summed E-state index contributed by atoms with van der Waals surface area (Å²) in [7, 11) is 0. The van der Waals surface area contributed by atoms with E-state index in [1.54, 1.807) is 0 Å². The van der Waals surface area contributed by atoms with Crippen LogP contribution in [-0.4, -0.2) is 0 Å². The van der Waals surface area contributed by atoms with Crippen LogP contribution in [0.25, 0.3) is 108 Å². The number of furan rings is 1. The number of benzene rings is 9. The molecule has 0 atom stereocenters. The molecule has 0 aliphatic carbocycles. The Labute approximate surface area is 292 Å². The van der Waals surface area contributed by atoms with Crippen LogP contribution in [0.3, 0.4) is 0 Å². The largest absolute Gasteiger partial charge is 0.456 e. The minimum absolute atomic E-state index is 0.917. The van der Waals surface area contributed by atoms with Gasteiger partial charge in [-0.05, 0) is 102 Å². The van der Waals surface area contributed by atoms with E-state index in [2.05, 4.69) is 170 Å². The van der Waals surface area contributed by atoms with Crippen LogP contribution >= 0.6 is 11.3 Å². The highest BCUT2D eigenvalue weighted by Gasteiger charge is 2.18. The fourth-order valence-corrected chi connectivity index (χ4v) is 9.35. The molecule has 0 saturated carbocycles.